The zero-order chi connectivity index (χ0) is 10.1. The first-order valence-electron chi connectivity index (χ1n) is 5.21. The van der Waals surface area contributed by atoms with Crippen molar-refractivity contribution in [2.75, 3.05) is 6.61 Å². The summed E-state index contributed by atoms with van der Waals surface area (Å²) >= 11 is 0. The van der Waals surface area contributed by atoms with Crippen LogP contribution in [0.3, 0.4) is 0 Å². The molecular formula is C11H22O2. The molecule has 13 heavy (non-hydrogen) atoms. The van der Waals surface area contributed by atoms with Gasteiger partial charge in [-0.05, 0) is 38.5 Å². The monoisotopic (exact) mass is 186 g/mol. The lowest BCUT2D eigenvalue weighted by Crippen LogP contribution is -2.44. The minimum Gasteiger partial charge on any atom is -0.387 e. The van der Waals surface area contributed by atoms with Crippen molar-refractivity contribution in [2.45, 2.75) is 58.7 Å². The molecule has 1 fully saturated rings. The molecule has 2 heteroatoms. The van der Waals surface area contributed by atoms with Crippen LogP contribution >= 0.6 is 0 Å². The van der Waals surface area contributed by atoms with Crippen LogP contribution in [0.5, 0.6) is 0 Å². The van der Waals surface area contributed by atoms with Gasteiger partial charge in [0, 0.05) is 0 Å². The van der Waals surface area contributed by atoms with Crippen LogP contribution in [0, 0.1) is 5.41 Å². The summed E-state index contributed by atoms with van der Waals surface area (Å²) in [6, 6.07) is 0. The Morgan fingerprint density at radius 2 is 1.92 bits per heavy atom. The second-order valence-electron chi connectivity index (χ2n) is 5.13. The molecule has 78 valence electrons. The summed E-state index contributed by atoms with van der Waals surface area (Å²) < 4.78 is 5.51. The molecule has 0 saturated heterocycles. The molecule has 0 aromatic heterocycles. The van der Waals surface area contributed by atoms with Crippen LogP contribution in [0.25, 0.3) is 0 Å². The Kier molecular flexibility index (Phi) is 3.03. The molecule has 0 amide bonds. The van der Waals surface area contributed by atoms with Crippen LogP contribution in [-0.2, 0) is 4.74 Å². The van der Waals surface area contributed by atoms with E-state index in [0.29, 0.717) is 6.61 Å². The number of ether oxygens (including phenoxy) is 1. The quantitative estimate of drug-likeness (QED) is 0.733. The Hall–Kier alpha value is -0.0800. The van der Waals surface area contributed by atoms with E-state index in [9.17, 15) is 5.11 Å². The first-order valence-corrected chi connectivity index (χ1v) is 5.21. The second kappa shape index (κ2) is 3.58. The van der Waals surface area contributed by atoms with Gasteiger partial charge in [0.2, 0.25) is 0 Å². The summed E-state index contributed by atoms with van der Waals surface area (Å²) in [7, 11) is 0. The molecule has 1 unspecified atom stereocenters. The van der Waals surface area contributed by atoms with Crippen molar-refractivity contribution < 1.29 is 9.84 Å². The maximum atomic E-state index is 10.3. The molecule has 1 N–H and O–H groups in total. The van der Waals surface area contributed by atoms with E-state index in [1.54, 1.807) is 0 Å². The van der Waals surface area contributed by atoms with Crippen molar-refractivity contribution in [1.82, 2.24) is 0 Å². The predicted octanol–water partition coefficient (Wildman–Crippen LogP) is 2.35. The third kappa shape index (κ3) is 2.23. The van der Waals surface area contributed by atoms with Gasteiger partial charge in [0.25, 0.3) is 0 Å². The number of hydrogen-bond donors (Lipinski definition) is 1. The second-order valence-corrected chi connectivity index (χ2v) is 5.13. The molecule has 1 aliphatic carbocycles. The van der Waals surface area contributed by atoms with E-state index in [1.807, 2.05) is 13.8 Å². The molecule has 0 aromatic carbocycles. The molecule has 1 aliphatic rings. The standard InChI is InChI=1S/C11H22O2/c1-9(2)13-8-11(12)7-5-6-10(11,3)4/h9,12H,5-8H2,1-4H3. The SMILES string of the molecule is CC(C)OCC1(O)CCCC1(C)C. The number of aliphatic hydroxyl groups is 1. The molecule has 0 aromatic rings. The molecule has 0 bridgehead atoms. The Morgan fingerprint density at radius 3 is 2.31 bits per heavy atom. The van der Waals surface area contributed by atoms with Crippen LogP contribution in [-0.4, -0.2) is 23.4 Å². The van der Waals surface area contributed by atoms with Gasteiger partial charge in [-0.2, -0.15) is 0 Å². The minimum absolute atomic E-state index is 0.0158. The Balaban J connectivity index is 2.54. The molecule has 1 rings (SSSR count). The lowest BCUT2D eigenvalue weighted by Gasteiger charge is -2.36. The van der Waals surface area contributed by atoms with Crippen molar-refractivity contribution in [3.8, 4) is 0 Å². The molecule has 0 aliphatic heterocycles. The van der Waals surface area contributed by atoms with E-state index in [4.69, 9.17) is 4.74 Å². The van der Waals surface area contributed by atoms with E-state index in [-0.39, 0.29) is 11.5 Å². The number of rotatable bonds is 3. The van der Waals surface area contributed by atoms with E-state index in [0.717, 1.165) is 19.3 Å². The highest BCUT2D eigenvalue weighted by Gasteiger charge is 2.47. The average molecular weight is 186 g/mol. The smallest absolute Gasteiger partial charge is 0.0930 e. The van der Waals surface area contributed by atoms with E-state index >= 15 is 0 Å². The number of hydrogen-bond acceptors (Lipinski definition) is 2. The fourth-order valence-electron chi connectivity index (χ4n) is 1.97. The lowest BCUT2D eigenvalue weighted by atomic mass is 9.78. The maximum absolute atomic E-state index is 10.3. The molecule has 0 spiro atoms. The summed E-state index contributed by atoms with van der Waals surface area (Å²) in [5.41, 5.74) is -0.584. The van der Waals surface area contributed by atoms with Gasteiger partial charge < -0.3 is 9.84 Å². The highest BCUT2D eigenvalue weighted by Crippen LogP contribution is 2.46. The first-order chi connectivity index (χ1) is 5.87. The first kappa shape index (κ1) is 11.0. The molecule has 1 atom stereocenters. The highest BCUT2D eigenvalue weighted by atomic mass is 16.5. The van der Waals surface area contributed by atoms with Gasteiger partial charge >= 0.3 is 0 Å². The Morgan fingerprint density at radius 1 is 1.31 bits per heavy atom. The van der Waals surface area contributed by atoms with Crippen molar-refractivity contribution in [3.05, 3.63) is 0 Å². The summed E-state index contributed by atoms with van der Waals surface area (Å²) in [4.78, 5) is 0. The molecule has 0 radical (unpaired) electrons. The normalized spacial score (nSPS) is 32.8. The maximum Gasteiger partial charge on any atom is 0.0930 e. The van der Waals surface area contributed by atoms with Crippen LogP contribution in [0.4, 0.5) is 0 Å². The minimum atomic E-state index is -0.600. The Labute approximate surface area is 81.3 Å². The largest absolute Gasteiger partial charge is 0.387 e. The van der Waals surface area contributed by atoms with Gasteiger partial charge in [-0.3, -0.25) is 0 Å². The summed E-state index contributed by atoms with van der Waals surface area (Å²) in [5, 5.41) is 10.3. The summed E-state index contributed by atoms with van der Waals surface area (Å²) in [6.45, 7) is 8.75. The molecule has 1 saturated carbocycles. The molecular weight excluding hydrogens is 164 g/mol. The van der Waals surface area contributed by atoms with E-state index < -0.39 is 5.60 Å². The predicted molar refractivity (Wildman–Crippen MR) is 53.7 cm³/mol. The van der Waals surface area contributed by atoms with Gasteiger partial charge in [0.05, 0.1) is 18.3 Å². The van der Waals surface area contributed by atoms with Crippen molar-refractivity contribution >= 4 is 0 Å². The van der Waals surface area contributed by atoms with E-state index in [1.165, 1.54) is 0 Å². The van der Waals surface area contributed by atoms with Gasteiger partial charge in [0.15, 0.2) is 0 Å². The topological polar surface area (TPSA) is 29.5 Å². The van der Waals surface area contributed by atoms with Crippen LogP contribution < -0.4 is 0 Å². The van der Waals surface area contributed by atoms with Crippen LogP contribution in [0.1, 0.15) is 47.0 Å². The average Bonchev–Trinajstić information content (AvgIpc) is 2.24. The van der Waals surface area contributed by atoms with Gasteiger partial charge in [-0.1, -0.05) is 13.8 Å². The van der Waals surface area contributed by atoms with Crippen molar-refractivity contribution in [1.29, 1.82) is 0 Å². The zero-order valence-electron chi connectivity index (χ0n) is 9.26. The van der Waals surface area contributed by atoms with Gasteiger partial charge in [-0.15, -0.1) is 0 Å². The third-order valence-corrected chi connectivity index (χ3v) is 3.31. The zero-order valence-corrected chi connectivity index (χ0v) is 9.26. The molecule has 2 nitrogen and oxygen atoms in total. The summed E-state index contributed by atoms with van der Waals surface area (Å²) in [5.74, 6) is 0. The fourth-order valence-corrected chi connectivity index (χ4v) is 1.97. The van der Waals surface area contributed by atoms with Crippen molar-refractivity contribution in [2.24, 2.45) is 5.41 Å². The van der Waals surface area contributed by atoms with Crippen molar-refractivity contribution in [3.63, 3.8) is 0 Å². The van der Waals surface area contributed by atoms with Gasteiger partial charge in [0.1, 0.15) is 0 Å². The molecule has 0 heterocycles. The summed E-state index contributed by atoms with van der Waals surface area (Å²) in [6.07, 6.45) is 3.31. The van der Waals surface area contributed by atoms with E-state index in [2.05, 4.69) is 13.8 Å². The van der Waals surface area contributed by atoms with Crippen LogP contribution in [0.2, 0.25) is 0 Å². The van der Waals surface area contributed by atoms with Crippen LogP contribution in [0.15, 0.2) is 0 Å². The lowest BCUT2D eigenvalue weighted by molar-refractivity contribution is -0.113. The third-order valence-electron chi connectivity index (χ3n) is 3.31. The highest BCUT2D eigenvalue weighted by molar-refractivity contribution is 4.98. The fraction of sp³-hybridized carbons (Fsp3) is 1.00. The Bertz CT molecular complexity index is 175. The van der Waals surface area contributed by atoms with Gasteiger partial charge in [-0.25, -0.2) is 0 Å².